The van der Waals surface area contributed by atoms with Crippen LogP contribution in [0.2, 0.25) is 5.15 Å². The van der Waals surface area contributed by atoms with E-state index in [0.29, 0.717) is 16.5 Å². The Morgan fingerprint density at radius 1 is 1.50 bits per heavy atom. The normalized spacial score (nSPS) is 9.62. The van der Waals surface area contributed by atoms with Gasteiger partial charge in [0.2, 0.25) is 0 Å². The van der Waals surface area contributed by atoms with Crippen molar-refractivity contribution >= 4 is 23.0 Å². The summed E-state index contributed by atoms with van der Waals surface area (Å²) in [7, 11) is 0. The van der Waals surface area contributed by atoms with E-state index in [4.69, 9.17) is 23.1 Å². The van der Waals surface area contributed by atoms with Gasteiger partial charge >= 0.3 is 0 Å². The lowest BCUT2D eigenvalue weighted by Crippen LogP contribution is -1.88. The van der Waals surface area contributed by atoms with Crippen LogP contribution in [-0.4, -0.2) is 4.98 Å². The van der Waals surface area contributed by atoms with Crippen LogP contribution in [0.25, 0.3) is 0 Å². The van der Waals surface area contributed by atoms with Gasteiger partial charge in [0.15, 0.2) is 0 Å². The third-order valence-corrected chi connectivity index (χ3v) is 1.21. The van der Waals surface area contributed by atoms with Crippen LogP contribution in [0.15, 0.2) is 6.20 Å². The monoisotopic (exact) mass is 131 g/mol. The number of nitrogens with one attached hydrogen (secondary N) is 1. The number of halogens is 1. The number of aromatic nitrogens is 1. The van der Waals surface area contributed by atoms with Crippen molar-refractivity contribution in [1.29, 1.82) is 0 Å². The maximum Gasteiger partial charge on any atom is 0.131 e. The molecule has 1 heterocycles. The Morgan fingerprint density at radius 2 is 2.12 bits per heavy atom. The summed E-state index contributed by atoms with van der Waals surface area (Å²) >= 11 is 5.47. The van der Waals surface area contributed by atoms with Crippen molar-refractivity contribution in [2.45, 2.75) is 0 Å². The fourth-order valence-electron chi connectivity index (χ4n) is 0.423. The second kappa shape index (κ2) is 1.59. The van der Waals surface area contributed by atoms with Crippen molar-refractivity contribution in [3.05, 3.63) is 11.3 Å². The van der Waals surface area contributed by atoms with Crippen LogP contribution in [0.4, 0.5) is 11.4 Å². The number of nitrogens with two attached hydrogens (primary N) is 2. The molecule has 0 spiro atoms. The molecular weight excluding hydrogens is 126 g/mol. The van der Waals surface area contributed by atoms with Crippen molar-refractivity contribution in [3.63, 3.8) is 0 Å². The largest absolute Gasteiger partial charge is 0.396 e. The van der Waals surface area contributed by atoms with Gasteiger partial charge in [0.05, 0.1) is 11.4 Å². The van der Waals surface area contributed by atoms with E-state index in [0.717, 1.165) is 0 Å². The van der Waals surface area contributed by atoms with E-state index in [2.05, 4.69) is 4.98 Å². The Hall–Kier alpha value is -0.830. The van der Waals surface area contributed by atoms with E-state index in [1.54, 1.807) is 6.20 Å². The highest BCUT2D eigenvalue weighted by Gasteiger charge is 1.98. The molecule has 0 aliphatic rings. The molecule has 8 heavy (non-hydrogen) atoms. The molecule has 0 fully saturated rings. The van der Waals surface area contributed by atoms with Crippen molar-refractivity contribution in [1.82, 2.24) is 4.98 Å². The Kier molecular flexibility index (Phi) is 1.06. The molecular formula is C4H6ClN3. The summed E-state index contributed by atoms with van der Waals surface area (Å²) < 4.78 is 0. The van der Waals surface area contributed by atoms with Gasteiger partial charge < -0.3 is 16.5 Å². The lowest BCUT2D eigenvalue weighted by Gasteiger charge is -1.85. The molecule has 0 aliphatic heterocycles. The summed E-state index contributed by atoms with van der Waals surface area (Å²) in [6.45, 7) is 0. The molecule has 5 N–H and O–H groups in total. The first-order valence-electron chi connectivity index (χ1n) is 2.09. The van der Waals surface area contributed by atoms with Gasteiger partial charge in [-0.3, -0.25) is 0 Å². The number of aromatic amines is 1. The number of H-pyrrole nitrogens is 1. The van der Waals surface area contributed by atoms with Gasteiger partial charge in [-0.1, -0.05) is 11.6 Å². The Balaban J connectivity index is 3.19. The first-order valence-corrected chi connectivity index (χ1v) is 2.47. The zero-order chi connectivity index (χ0) is 6.15. The average molecular weight is 132 g/mol. The maximum absolute atomic E-state index is 5.47. The zero-order valence-corrected chi connectivity index (χ0v) is 4.87. The molecule has 0 aromatic carbocycles. The molecule has 1 aromatic rings. The van der Waals surface area contributed by atoms with Gasteiger partial charge in [-0.15, -0.1) is 0 Å². The summed E-state index contributed by atoms with van der Waals surface area (Å²) in [6.07, 6.45) is 1.55. The van der Waals surface area contributed by atoms with Gasteiger partial charge in [0, 0.05) is 6.20 Å². The standard InChI is InChI=1S/C4H6ClN3/c5-4-3(7)2(6)1-8-4/h1,8H,6-7H2. The summed E-state index contributed by atoms with van der Waals surface area (Å²) in [6, 6.07) is 0. The van der Waals surface area contributed by atoms with Gasteiger partial charge in [0.25, 0.3) is 0 Å². The Morgan fingerprint density at radius 3 is 2.25 bits per heavy atom. The van der Waals surface area contributed by atoms with Crippen LogP contribution < -0.4 is 11.5 Å². The minimum absolute atomic E-state index is 0.405. The Bertz CT molecular complexity index is 174. The second-order valence-electron chi connectivity index (χ2n) is 1.47. The van der Waals surface area contributed by atoms with E-state index in [1.807, 2.05) is 0 Å². The quantitative estimate of drug-likeness (QED) is 0.488. The molecule has 44 valence electrons. The molecule has 1 aromatic heterocycles. The lowest BCUT2D eigenvalue weighted by molar-refractivity contribution is 1.41. The van der Waals surface area contributed by atoms with Crippen molar-refractivity contribution in [3.8, 4) is 0 Å². The van der Waals surface area contributed by atoms with Gasteiger partial charge in [-0.25, -0.2) is 0 Å². The zero-order valence-electron chi connectivity index (χ0n) is 4.11. The average Bonchev–Trinajstić information content (AvgIpc) is 1.98. The maximum atomic E-state index is 5.47. The molecule has 0 saturated heterocycles. The summed E-state index contributed by atoms with van der Waals surface area (Å²) in [5, 5.41) is 0.405. The van der Waals surface area contributed by atoms with E-state index < -0.39 is 0 Å². The lowest BCUT2D eigenvalue weighted by atomic mass is 10.5. The number of anilines is 2. The van der Waals surface area contributed by atoms with E-state index in [1.165, 1.54) is 0 Å². The predicted octanol–water partition coefficient (Wildman–Crippen LogP) is 0.833. The molecule has 0 atom stereocenters. The van der Waals surface area contributed by atoms with Gasteiger partial charge in [0.1, 0.15) is 5.15 Å². The summed E-state index contributed by atoms with van der Waals surface area (Å²) in [5.74, 6) is 0. The number of nitrogen functional groups attached to an aromatic ring is 2. The number of rotatable bonds is 0. The molecule has 0 aliphatic carbocycles. The van der Waals surface area contributed by atoms with Crippen molar-refractivity contribution in [2.24, 2.45) is 0 Å². The molecule has 3 nitrogen and oxygen atoms in total. The van der Waals surface area contributed by atoms with Crippen LogP contribution in [0.1, 0.15) is 0 Å². The third-order valence-electron chi connectivity index (χ3n) is 0.902. The van der Waals surface area contributed by atoms with E-state index in [9.17, 15) is 0 Å². The molecule has 4 heteroatoms. The number of hydrogen-bond acceptors (Lipinski definition) is 2. The minimum Gasteiger partial charge on any atom is -0.396 e. The highest BCUT2D eigenvalue weighted by molar-refractivity contribution is 6.32. The van der Waals surface area contributed by atoms with Crippen LogP contribution in [-0.2, 0) is 0 Å². The molecule has 0 amide bonds. The van der Waals surface area contributed by atoms with Gasteiger partial charge in [-0.05, 0) is 0 Å². The van der Waals surface area contributed by atoms with Crippen molar-refractivity contribution in [2.75, 3.05) is 11.5 Å². The molecule has 0 bridgehead atoms. The fraction of sp³-hybridized carbons (Fsp3) is 0. The topological polar surface area (TPSA) is 67.8 Å². The third kappa shape index (κ3) is 0.607. The van der Waals surface area contributed by atoms with Crippen LogP contribution in [0.3, 0.4) is 0 Å². The van der Waals surface area contributed by atoms with E-state index >= 15 is 0 Å². The fourth-order valence-corrected chi connectivity index (χ4v) is 0.587. The molecule has 0 radical (unpaired) electrons. The van der Waals surface area contributed by atoms with Crippen LogP contribution in [0, 0.1) is 0 Å². The molecule has 0 saturated carbocycles. The predicted molar refractivity (Wildman–Crippen MR) is 34.6 cm³/mol. The summed E-state index contributed by atoms with van der Waals surface area (Å²) in [4.78, 5) is 2.65. The molecule has 0 unspecified atom stereocenters. The van der Waals surface area contributed by atoms with Crippen LogP contribution in [0.5, 0.6) is 0 Å². The smallest absolute Gasteiger partial charge is 0.131 e. The van der Waals surface area contributed by atoms with Gasteiger partial charge in [-0.2, -0.15) is 0 Å². The SMILES string of the molecule is Nc1c[nH]c(Cl)c1N. The van der Waals surface area contributed by atoms with Crippen LogP contribution >= 0.6 is 11.6 Å². The minimum atomic E-state index is 0.405. The highest BCUT2D eigenvalue weighted by atomic mass is 35.5. The number of hydrogen-bond donors (Lipinski definition) is 3. The van der Waals surface area contributed by atoms with E-state index in [-0.39, 0.29) is 0 Å². The highest BCUT2D eigenvalue weighted by Crippen LogP contribution is 2.22. The summed E-state index contributed by atoms with van der Waals surface area (Å²) in [5.41, 5.74) is 11.5. The molecule has 1 rings (SSSR count). The Labute approximate surface area is 51.6 Å². The van der Waals surface area contributed by atoms with Crippen molar-refractivity contribution < 1.29 is 0 Å². The first-order chi connectivity index (χ1) is 3.72. The second-order valence-corrected chi connectivity index (χ2v) is 1.85. The first kappa shape index (κ1) is 5.31.